The van der Waals surface area contributed by atoms with Gasteiger partial charge in [0.25, 0.3) is 0 Å². The Labute approximate surface area is 239 Å². The van der Waals surface area contributed by atoms with Crippen molar-refractivity contribution >= 4 is 28.1 Å². The largest absolute Gasteiger partial charge is 0.489 e. The molecule has 0 saturated heterocycles. The molecule has 7 heteroatoms. The Bertz CT molecular complexity index is 1760. The lowest BCUT2D eigenvalue weighted by atomic mass is 10.0. The van der Waals surface area contributed by atoms with E-state index < -0.39 is 0 Å². The summed E-state index contributed by atoms with van der Waals surface area (Å²) in [5.74, 6) is 0.799. The van der Waals surface area contributed by atoms with Crippen molar-refractivity contribution in [1.82, 2.24) is 19.7 Å². The minimum Gasteiger partial charge on any atom is -0.489 e. The van der Waals surface area contributed by atoms with Gasteiger partial charge in [0.15, 0.2) is 4.77 Å². The van der Waals surface area contributed by atoms with Crippen LogP contribution < -0.4 is 4.74 Å². The molecular weight excluding hydrogens is 568 g/mol. The molecule has 39 heavy (non-hydrogen) atoms. The van der Waals surface area contributed by atoms with Crippen molar-refractivity contribution in [1.29, 1.82) is 0 Å². The molecule has 0 aliphatic heterocycles. The number of H-pyrrole nitrogens is 1. The summed E-state index contributed by atoms with van der Waals surface area (Å²) >= 11 is 9.04. The predicted molar refractivity (Wildman–Crippen MR) is 161 cm³/mol. The first-order chi connectivity index (χ1) is 19.1. The van der Waals surface area contributed by atoms with Crippen LogP contribution in [-0.4, -0.2) is 19.7 Å². The van der Waals surface area contributed by atoms with E-state index in [1.54, 1.807) is 0 Å². The average Bonchev–Trinajstić information content (AvgIpc) is 3.43. The molecule has 0 fully saturated rings. The second-order valence-electron chi connectivity index (χ2n) is 8.96. The van der Waals surface area contributed by atoms with Gasteiger partial charge in [0.05, 0.1) is 17.1 Å². The van der Waals surface area contributed by atoms with E-state index in [1.807, 2.05) is 114 Å². The molecule has 0 atom stereocenters. The van der Waals surface area contributed by atoms with Gasteiger partial charge in [0.2, 0.25) is 0 Å². The van der Waals surface area contributed by atoms with Gasteiger partial charge >= 0.3 is 0 Å². The summed E-state index contributed by atoms with van der Waals surface area (Å²) in [6.45, 7) is 0.514. The Hall–Kier alpha value is -4.33. The molecule has 4 aromatic carbocycles. The molecule has 0 aliphatic carbocycles. The zero-order valence-corrected chi connectivity index (χ0v) is 23.2. The third-order valence-electron chi connectivity index (χ3n) is 6.29. The number of ether oxygens (including phenoxy) is 1. The van der Waals surface area contributed by atoms with Crippen molar-refractivity contribution in [3.05, 3.63) is 136 Å². The van der Waals surface area contributed by atoms with Gasteiger partial charge in [-0.1, -0.05) is 76.6 Å². The number of halogens is 1. The summed E-state index contributed by atoms with van der Waals surface area (Å²) in [4.78, 5) is 7.87. The molecule has 0 amide bonds. The van der Waals surface area contributed by atoms with Crippen molar-refractivity contribution in [3.63, 3.8) is 0 Å². The molecule has 6 rings (SSSR count). The first-order valence-corrected chi connectivity index (χ1v) is 13.6. The molecule has 2 aromatic heterocycles. The van der Waals surface area contributed by atoms with Crippen molar-refractivity contribution < 1.29 is 4.74 Å². The minimum absolute atomic E-state index is 0.411. The van der Waals surface area contributed by atoms with Gasteiger partial charge in [0, 0.05) is 27.4 Å². The van der Waals surface area contributed by atoms with Crippen molar-refractivity contribution in [3.8, 4) is 45.2 Å². The number of hydrogen-bond donors (Lipinski definition) is 1. The number of aromatic nitrogens is 4. The van der Waals surface area contributed by atoms with Crippen LogP contribution in [0.1, 0.15) is 5.56 Å². The maximum absolute atomic E-state index is 6.00. The van der Waals surface area contributed by atoms with Gasteiger partial charge in [-0.15, -0.1) is 0 Å². The topological polar surface area (TPSA) is 55.7 Å². The van der Waals surface area contributed by atoms with Crippen LogP contribution in [0.3, 0.4) is 0 Å². The molecule has 0 aliphatic rings. The van der Waals surface area contributed by atoms with E-state index >= 15 is 0 Å². The summed E-state index contributed by atoms with van der Waals surface area (Å²) in [5.41, 5.74) is 7.42. The van der Waals surface area contributed by atoms with Gasteiger partial charge in [-0.05, 0) is 72.4 Å². The number of hydrogen-bond acceptors (Lipinski definition) is 4. The highest BCUT2D eigenvalue weighted by molar-refractivity contribution is 9.10. The van der Waals surface area contributed by atoms with Crippen molar-refractivity contribution in [2.45, 2.75) is 6.61 Å². The van der Waals surface area contributed by atoms with Crippen molar-refractivity contribution in [2.75, 3.05) is 0 Å². The highest BCUT2D eigenvalue weighted by atomic mass is 79.9. The summed E-state index contributed by atoms with van der Waals surface area (Å²) in [6.07, 6.45) is 2.02. The minimum atomic E-state index is 0.411. The number of para-hydroxylation sites is 1. The van der Waals surface area contributed by atoms with Crippen molar-refractivity contribution in [2.24, 2.45) is 0 Å². The summed E-state index contributed by atoms with van der Waals surface area (Å²) < 4.78 is 9.31. The Morgan fingerprint density at radius 1 is 0.795 bits per heavy atom. The summed E-state index contributed by atoms with van der Waals surface area (Å²) in [5, 5.41) is 4.99. The highest BCUT2D eigenvalue weighted by Gasteiger charge is 2.16. The Morgan fingerprint density at radius 2 is 1.46 bits per heavy atom. The summed E-state index contributed by atoms with van der Waals surface area (Å²) in [6, 6.07) is 38.3. The Balaban J connectivity index is 1.39. The SMILES string of the molecule is S=c1nc(-c2ccc(Br)cc2)cc(-c2cn(-c3ccccc3)nc2-c2ccc(OCc3ccccc3)cc2)[nH]1. The number of nitrogens with one attached hydrogen (secondary N) is 1. The van der Waals surface area contributed by atoms with Gasteiger partial charge in [0.1, 0.15) is 18.1 Å². The van der Waals surface area contributed by atoms with Crippen LogP contribution >= 0.6 is 28.1 Å². The first kappa shape index (κ1) is 25.0. The first-order valence-electron chi connectivity index (χ1n) is 12.4. The molecular formula is C32H23BrN4OS. The van der Waals surface area contributed by atoms with Crippen LogP contribution in [0.15, 0.2) is 126 Å². The average molecular weight is 592 g/mol. The second kappa shape index (κ2) is 11.2. The fraction of sp³-hybridized carbons (Fsp3) is 0.0312. The van der Waals surface area contributed by atoms with Gasteiger partial charge < -0.3 is 9.72 Å². The number of benzene rings is 4. The van der Waals surface area contributed by atoms with Crippen LogP contribution in [0, 0.1) is 4.77 Å². The zero-order valence-electron chi connectivity index (χ0n) is 20.8. The molecule has 190 valence electrons. The lowest BCUT2D eigenvalue weighted by Crippen LogP contribution is -1.95. The van der Waals surface area contributed by atoms with Gasteiger partial charge in [-0.2, -0.15) is 5.10 Å². The quantitative estimate of drug-likeness (QED) is 0.189. The fourth-order valence-corrected chi connectivity index (χ4v) is 4.79. The van der Waals surface area contributed by atoms with E-state index in [4.69, 9.17) is 22.1 Å². The normalized spacial score (nSPS) is 10.9. The van der Waals surface area contributed by atoms with E-state index in [1.165, 1.54) is 0 Å². The number of aromatic amines is 1. The van der Waals surface area contributed by atoms with E-state index in [2.05, 4.69) is 38.0 Å². The van der Waals surface area contributed by atoms with Gasteiger partial charge in [-0.3, -0.25) is 0 Å². The molecule has 5 nitrogen and oxygen atoms in total. The molecule has 0 radical (unpaired) electrons. The molecule has 6 aromatic rings. The highest BCUT2D eigenvalue weighted by Crippen LogP contribution is 2.33. The lowest BCUT2D eigenvalue weighted by Gasteiger charge is -2.08. The molecule has 2 heterocycles. The van der Waals surface area contributed by atoms with E-state index in [9.17, 15) is 0 Å². The predicted octanol–water partition coefficient (Wildman–Crippen LogP) is 8.67. The lowest BCUT2D eigenvalue weighted by molar-refractivity contribution is 0.306. The van der Waals surface area contributed by atoms with Crippen LogP contribution in [0.5, 0.6) is 5.75 Å². The standard InChI is InChI=1S/C32H23BrN4OS/c33-25-15-11-23(12-16-25)29-19-30(35-32(39)34-29)28-20-37(26-9-5-2-6-10-26)36-31(28)24-13-17-27(18-14-24)38-21-22-7-3-1-4-8-22/h1-20H,21H2,(H,34,35,39). The second-order valence-corrected chi connectivity index (χ2v) is 10.3. The smallest absolute Gasteiger partial charge is 0.197 e. The van der Waals surface area contributed by atoms with E-state index in [-0.39, 0.29) is 0 Å². The van der Waals surface area contributed by atoms with Gasteiger partial charge in [-0.25, -0.2) is 9.67 Å². The maximum Gasteiger partial charge on any atom is 0.197 e. The Kier molecular flexibility index (Phi) is 7.17. The van der Waals surface area contributed by atoms with Crippen LogP contribution in [-0.2, 0) is 6.61 Å². The van der Waals surface area contributed by atoms with Crippen LogP contribution in [0.25, 0.3) is 39.5 Å². The molecule has 0 bridgehead atoms. The van der Waals surface area contributed by atoms with Crippen LogP contribution in [0.4, 0.5) is 0 Å². The Morgan fingerprint density at radius 3 is 2.18 bits per heavy atom. The maximum atomic E-state index is 6.00. The monoisotopic (exact) mass is 590 g/mol. The van der Waals surface area contributed by atoms with Crippen LogP contribution in [0.2, 0.25) is 0 Å². The summed E-state index contributed by atoms with van der Waals surface area (Å²) in [7, 11) is 0. The number of rotatable bonds is 7. The third-order valence-corrected chi connectivity index (χ3v) is 7.01. The molecule has 0 unspecified atom stereocenters. The third kappa shape index (κ3) is 5.74. The number of nitrogens with zero attached hydrogens (tertiary/aromatic N) is 3. The van der Waals surface area contributed by atoms with E-state index in [0.29, 0.717) is 11.4 Å². The molecule has 0 saturated carbocycles. The molecule has 0 spiro atoms. The zero-order chi connectivity index (χ0) is 26.6. The molecule has 1 N–H and O–H groups in total. The fourth-order valence-electron chi connectivity index (χ4n) is 4.32. The van der Waals surface area contributed by atoms with E-state index in [0.717, 1.165) is 55.2 Å².